The first-order valence-electron chi connectivity index (χ1n) is 6.25. The second-order valence-corrected chi connectivity index (χ2v) is 4.34. The van der Waals surface area contributed by atoms with E-state index in [4.69, 9.17) is 5.11 Å². The van der Waals surface area contributed by atoms with E-state index in [1.54, 1.807) is 24.4 Å². The van der Waals surface area contributed by atoms with E-state index in [1.807, 2.05) is 24.8 Å². The van der Waals surface area contributed by atoms with Crippen LogP contribution in [0.3, 0.4) is 0 Å². The Labute approximate surface area is 112 Å². The maximum atomic E-state index is 13.9. The van der Waals surface area contributed by atoms with Crippen molar-refractivity contribution >= 4 is 11.5 Å². The van der Waals surface area contributed by atoms with Gasteiger partial charge in [0.15, 0.2) is 0 Å². The minimum Gasteiger partial charge on any atom is -0.392 e. The highest BCUT2D eigenvalue weighted by molar-refractivity contribution is 5.63. The molecule has 0 saturated carbocycles. The molecule has 0 amide bonds. The van der Waals surface area contributed by atoms with Gasteiger partial charge in [0.2, 0.25) is 0 Å². The maximum Gasteiger partial charge on any atom is 0.146 e. The second kappa shape index (κ2) is 5.80. The van der Waals surface area contributed by atoms with Crippen molar-refractivity contribution in [2.24, 2.45) is 0 Å². The fraction of sp³-hybridized carbons (Fsp3) is 0.267. The third-order valence-electron chi connectivity index (χ3n) is 3.00. The highest BCUT2D eigenvalue weighted by atomic mass is 19.1. The Balaban J connectivity index is 2.46. The van der Waals surface area contributed by atoms with Gasteiger partial charge in [0.1, 0.15) is 11.6 Å². The minimum atomic E-state index is -0.267. The third-order valence-corrected chi connectivity index (χ3v) is 3.00. The summed E-state index contributed by atoms with van der Waals surface area (Å²) in [6, 6.07) is 8.52. The van der Waals surface area contributed by atoms with E-state index in [-0.39, 0.29) is 12.4 Å². The van der Waals surface area contributed by atoms with E-state index in [0.717, 1.165) is 11.1 Å². The molecular weight excluding hydrogens is 243 g/mol. The van der Waals surface area contributed by atoms with Gasteiger partial charge in [0.05, 0.1) is 12.3 Å². The summed E-state index contributed by atoms with van der Waals surface area (Å²) in [5.74, 6) is 0.446. The van der Waals surface area contributed by atoms with Gasteiger partial charge in [-0.25, -0.2) is 9.37 Å². The van der Waals surface area contributed by atoms with Gasteiger partial charge in [0.25, 0.3) is 0 Å². The molecule has 100 valence electrons. The number of anilines is 2. The molecule has 0 aliphatic carbocycles. The van der Waals surface area contributed by atoms with Gasteiger partial charge < -0.3 is 10.0 Å². The van der Waals surface area contributed by atoms with Crippen LogP contribution in [0.4, 0.5) is 15.9 Å². The number of rotatable bonds is 4. The summed E-state index contributed by atoms with van der Waals surface area (Å²) in [6.45, 7) is 4.44. The van der Waals surface area contributed by atoms with Crippen molar-refractivity contribution in [1.29, 1.82) is 0 Å². The average Bonchev–Trinajstić information content (AvgIpc) is 2.43. The maximum absolute atomic E-state index is 13.9. The van der Waals surface area contributed by atoms with E-state index >= 15 is 0 Å². The van der Waals surface area contributed by atoms with Gasteiger partial charge in [-0.1, -0.05) is 12.1 Å². The molecule has 0 radical (unpaired) electrons. The standard InChI is InChI=1S/C15H17FN2O/c1-3-18(14-7-5-4-6-13(14)16)15-11(2)8-12(10-19)9-17-15/h4-9,19H,3,10H2,1-2H3. The number of pyridine rings is 1. The van der Waals surface area contributed by atoms with Crippen molar-refractivity contribution in [1.82, 2.24) is 4.98 Å². The molecule has 0 aliphatic heterocycles. The number of aliphatic hydroxyl groups is 1. The Hall–Kier alpha value is -1.94. The summed E-state index contributed by atoms with van der Waals surface area (Å²) in [4.78, 5) is 6.16. The van der Waals surface area contributed by atoms with Crippen molar-refractivity contribution in [3.63, 3.8) is 0 Å². The number of aromatic nitrogens is 1. The summed E-state index contributed by atoms with van der Waals surface area (Å²) in [7, 11) is 0. The van der Waals surface area contributed by atoms with Crippen LogP contribution in [0.5, 0.6) is 0 Å². The number of para-hydroxylation sites is 1. The molecule has 0 bridgehead atoms. The van der Waals surface area contributed by atoms with E-state index < -0.39 is 0 Å². The lowest BCUT2D eigenvalue weighted by molar-refractivity contribution is 0.281. The Morgan fingerprint density at radius 3 is 2.63 bits per heavy atom. The number of nitrogens with zero attached hydrogens (tertiary/aromatic N) is 2. The normalized spacial score (nSPS) is 10.5. The molecule has 1 aromatic carbocycles. The molecule has 3 nitrogen and oxygen atoms in total. The Morgan fingerprint density at radius 2 is 2.05 bits per heavy atom. The quantitative estimate of drug-likeness (QED) is 0.917. The first-order chi connectivity index (χ1) is 9.17. The molecule has 19 heavy (non-hydrogen) atoms. The van der Waals surface area contributed by atoms with Gasteiger partial charge in [-0.3, -0.25) is 0 Å². The predicted molar refractivity (Wildman–Crippen MR) is 74.0 cm³/mol. The summed E-state index contributed by atoms with van der Waals surface area (Å²) in [6.07, 6.45) is 1.62. The molecule has 2 aromatic rings. The zero-order chi connectivity index (χ0) is 13.8. The van der Waals surface area contributed by atoms with Crippen molar-refractivity contribution in [3.8, 4) is 0 Å². The van der Waals surface area contributed by atoms with Gasteiger partial charge in [0, 0.05) is 12.7 Å². The molecule has 1 aromatic heterocycles. The molecule has 1 heterocycles. The topological polar surface area (TPSA) is 36.4 Å². The van der Waals surface area contributed by atoms with Crippen molar-refractivity contribution in [2.45, 2.75) is 20.5 Å². The Bertz CT molecular complexity index is 572. The van der Waals surface area contributed by atoms with Gasteiger partial charge in [-0.15, -0.1) is 0 Å². The summed E-state index contributed by atoms with van der Waals surface area (Å²) < 4.78 is 13.9. The molecule has 0 saturated heterocycles. The minimum absolute atomic E-state index is 0.0417. The molecule has 0 aliphatic rings. The van der Waals surface area contributed by atoms with Crippen LogP contribution < -0.4 is 4.90 Å². The number of hydrogen-bond donors (Lipinski definition) is 1. The van der Waals surface area contributed by atoms with Crippen LogP contribution in [0.2, 0.25) is 0 Å². The van der Waals surface area contributed by atoms with Crippen LogP contribution in [-0.2, 0) is 6.61 Å². The highest BCUT2D eigenvalue weighted by Gasteiger charge is 2.14. The molecular formula is C15H17FN2O. The Kier molecular flexibility index (Phi) is 4.12. The third kappa shape index (κ3) is 2.74. The first-order valence-corrected chi connectivity index (χ1v) is 6.25. The van der Waals surface area contributed by atoms with Crippen molar-refractivity contribution in [2.75, 3.05) is 11.4 Å². The fourth-order valence-electron chi connectivity index (χ4n) is 2.10. The first kappa shape index (κ1) is 13.5. The van der Waals surface area contributed by atoms with Crippen LogP contribution in [0.1, 0.15) is 18.1 Å². The van der Waals surface area contributed by atoms with Crippen LogP contribution in [0.15, 0.2) is 36.5 Å². The molecule has 0 fully saturated rings. The second-order valence-electron chi connectivity index (χ2n) is 4.34. The molecule has 4 heteroatoms. The zero-order valence-corrected chi connectivity index (χ0v) is 11.1. The predicted octanol–water partition coefficient (Wildman–Crippen LogP) is 3.18. The summed E-state index contributed by atoms with van der Waals surface area (Å²) in [5, 5.41) is 9.10. The summed E-state index contributed by atoms with van der Waals surface area (Å²) in [5.41, 5.74) is 2.18. The summed E-state index contributed by atoms with van der Waals surface area (Å²) >= 11 is 0. The van der Waals surface area contributed by atoms with Crippen LogP contribution in [0.25, 0.3) is 0 Å². The number of halogens is 1. The fourth-order valence-corrected chi connectivity index (χ4v) is 2.10. The van der Waals surface area contributed by atoms with Crippen molar-refractivity contribution in [3.05, 3.63) is 53.5 Å². The molecule has 1 N–H and O–H groups in total. The van der Waals surface area contributed by atoms with Gasteiger partial charge in [-0.05, 0) is 43.2 Å². The lowest BCUT2D eigenvalue weighted by Gasteiger charge is -2.24. The van der Waals surface area contributed by atoms with Gasteiger partial charge in [-0.2, -0.15) is 0 Å². The van der Waals surface area contributed by atoms with Gasteiger partial charge >= 0.3 is 0 Å². The number of aliphatic hydroxyl groups excluding tert-OH is 1. The lowest BCUT2D eigenvalue weighted by Crippen LogP contribution is -2.19. The van der Waals surface area contributed by atoms with Crippen LogP contribution in [-0.4, -0.2) is 16.6 Å². The highest BCUT2D eigenvalue weighted by Crippen LogP contribution is 2.28. The molecule has 2 rings (SSSR count). The van der Waals surface area contributed by atoms with E-state index in [0.29, 0.717) is 18.1 Å². The average molecular weight is 260 g/mol. The molecule has 0 unspecified atom stereocenters. The van der Waals surface area contributed by atoms with E-state index in [9.17, 15) is 4.39 Å². The lowest BCUT2D eigenvalue weighted by atomic mass is 10.2. The zero-order valence-electron chi connectivity index (χ0n) is 11.1. The largest absolute Gasteiger partial charge is 0.392 e. The SMILES string of the molecule is CCN(c1ccccc1F)c1ncc(CO)cc1C. The molecule has 0 spiro atoms. The number of hydrogen-bond acceptors (Lipinski definition) is 3. The number of benzene rings is 1. The van der Waals surface area contributed by atoms with Crippen LogP contribution in [0, 0.1) is 12.7 Å². The van der Waals surface area contributed by atoms with Crippen LogP contribution >= 0.6 is 0 Å². The van der Waals surface area contributed by atoms with Crippen molar-refractivity contribution < 1.29 is 9.50 Å². The number of aryl methyl sites for hydroxylation is 1. The smallest absolute Gasteiger partial charge is 0.146 e. The monoisotopic (exact) mass is 260 g/mol. The van der Waals surface area contributed by atoms with E-state index in [1.165, 1.54) is 6.07 Å². The molecule has 0 atom stereocenters. The Morgan fingerprint density at radius 1 is 1.32 bits per heavy atom. The van der Waals surface area contributed by atoms with E-state index in [2.05, 4.69) is 4.98 Å².